The Balaban J connectivity index is 1.50. The summed E-state index contributed by atoms with van der Waals surface area (Å²) in [5.41, 5.74) is 3.12. The van der Waals surface area contributed by atoms with Gasteiger partial charge in [-0.25, -0.2) is 10.2 Å². The molecule has 0 unspecified atom stereocenters. The third-order valence-corrected chi connectivity index (χ3v) is 3.51. The average Bonchev–Trinajstić information content (AvgIpc) is 3.02. The van der Waals surface area contributed by atoms with Crippen molar-refractivity contribution < 1.29 is 9.21 Å². The number of nitrogens with one attached hydrogen (secondary N) is 2. The second kappa shape index (κ2) is 5.83. The summed E-state index contributed by atoms with van der Waals surface area (Å²) in [6, 6.07) is 12.6. The normalized spacial score (nSPS) is 20.4. The van der Waals surface area contributed by atoms with Crippen LogP contribution in [0, 0.1) is 5.92 Å². The van der Waals surface area contributed by atoms with E-state index < -0.39 is 0 Å². The van der Waals surface area contributed by atoms with Crippen LogP contribution in [0.2, 0.25) is 0 Å². The van der Waals surface area contributed by atoms with E-state index in [4.69, 9.17) is 4.42 Å². The van der Waals surface area contributed by atoms with Gasteiger partial charge in [-0.3, -0.25) is 0 Å². The second-order valence-electron chi connectivity index (χ2n) is 5.25. The van der Waals surface area contributed by atoms with Crippen molar-refractivity contribution in [3.63, 3.8) is 0 Å². The number of carbonyl (C=O) groups excluding carboxylic acids is 1. The van der Waals surface area contributed by atoms with E-state index in [0.717, 1.165) is 5.76 Å². The molecular weight excluding hydrogens is 266 g/mol. The molecule has 2 amide bonds. The SMILES string of the molecule is C[C@H]1C[C@H]1c1ccc(/C=N\NC(=O)Nc2ccccc2)o1. The van der Waals surface area contributed by atoms with Gasteiger partial charge in [0.05, 0.1) is 6.21 Å². The van der Waals surface area contributed by atoms with Crippen LogP contribution < -0.4 is 10.7 Å². The Morgan fingerprint density at radius 2 is 2.05 bits per heavy atom. The zero-order valence-corrected chi connectivity index (χ0v) is 11.7. The minimum Gasteiger partial charge on any atom is -0.460 e. The number of anilines is 1. The molecule has 1 fully saturated rings. The first-order chi connectivity index (χ1) is 10.2. The molecule has 1 heterocycles. The van der Waals surface area contributed by atoms with E-state index in [1.807, 2.05) is 30.3 Å². The predicted octanol–water partition coefficient (Wildman–Crippen LogP) is 3.56. The lowest BCUT2D eigenvalue weighted by atomic mass is 10.3. The van der Waals surface area contributed by atoms with Crippen molar-refractivity contribution in [2.45, 2.75) is 19.3 Å². The molecule has 21 heavy (non-hydrogen) atoms. The lowest BCUT2D eigenvalue weighted by Gasteiger charge is -2.02. The summed E-state index contributed by atoms with van der Waals surface area (Å²) in [5.74, 6) is 2.89. The molecule has 5 heteroatoms. The number of amides is 2. The van der Waals surface area contributed by atoms with Gasteiger partial charge in [-0.05, 0) is 36.6 Å². The summed E-state index contributed by atoms with van der Waals surface area (Å²) in [4.78, 5) is 11.6. The lowest BCUT2D eigenvalue weighted by molar-refractivity contribution is 0.252. The third-order valence-electron chi connectivity index (χ3n) is 3.51. The molecule has 1 aromatic carbocycles. The summed E-state index contributed by atoms with van der Waals surface area (Å²) < 4.78 is 5.66. The number of urea groups is 1. The molecule has 5 nitrogen and oxygen atoms in total. The van der Waals surface area contributed by atoms with Crippen LogP contribution in [0.5, 0.6) is 0 Å². The number of hydrogen-bond acceptors (Lipinski definition) is 3. The van der Waals surface area contributed by atoms with Crippen molar-refractivity contribution in [3.8, 4) is 0 Å². The second-order valence-corrected chi connectivity index (χ2v) is 5.25. The Morgan fingerprint density at radius 3 is 2.76 bits per heavy atom. The van der Waals surface area contributed by atoms with Crippen LogP contribution in [0.1, 0.15) is 30.8 Å². The molecule has 108 valence electrons. The predicted molar refractivity (Wildman–Crippen MR) is 81.4 cm³/mol. The molecule has 0 bridgehead atoms. The van der Waals surface area contributed by atoms with Crippen molar-refractivity contribution in [2.75, 3.05) is 5.32 Å². The van der Waals surface area contributed by atoms with E-state index in [9.17, 15) is 4.79 Å². The van der Waals surface area contributed by atoms with Gasteiger partial charge in [-0.2, -0.15) is 5.10 Å². The summed E-state index contributed by atoms with van der Waals surface area (Å²) in [6.07, 6.45) is 2.68. The molecule has 1 aliphatic carbocycles. The number of benzene rings is 1. The number of furan rings is 1. The van der Waals surface area contributed by atoms with E-state index >= 15 is 0 Å². The first-order valence-corrected chi connectivity index (χ1v) is 6.97. The van der Waals surface area contributed by atoms with Crippen LogP contribution in [-0.4, -0.2) is 12.2 Å². The van der Waals surface area contributed by atoms with Gasteiger partial charge in [0, 0.05) is 11.6 Å². The molecule has 0 aliphatic heterocycles. The number of hydrogen-bond donors (Lipinski definition) is 2. The first-order valence-electron chi connectivity index (χ1n) is 6.97. The van der Waals surface area contributed by atoms with Crippen LogP contribution >= 0.6 is 0 Å². The average molecular weight is 283 g/mol. The lowest BCUT2D eigenvalue weighted by Crippen LogP contribution is -2.24. The first kappa shape index (κ1) is 13.4. The summed E-state index contributed by atoms with van der Waals surface area (Å²) in [5, 5.41) is 6.54. The Kier molecular flexibility index (Phi) is 3.73. The van der Waals surface area contributed by atoms with Crippen LogP contribution in [0.15, 0.2) is 52.0 Å². The standard InChI is InChI=1S/C16H17N3O2/c1-11-9-14(11)15-8-7-13(21-15)10-17-19-16(20)18-12-5-3-2-4-6-12/h2-8,10-11,14H,9H2,1H3,(H2,18,19,20)/b17-10-/t11-,14+/m0/s1. The van der Waals surface area contributed by atoms with E-state index in [1.165, 1.54) is 12.6 Å². The number of hydrazone groups is 1. The van der Waals surface area contributed by atoms with Gasteiger partial charge in [0.25, 0.3) is 0 Å². The molecule has 1 saturated carbocycles. The zero-order chi connectivity index (χ0) is 14.7. The molecule has 2 atom stereocenters. The van der Waals surface area contributed by atoms with Gasteiger partial charge >= 0.3 is 6.03 Å². The van der Waals surface area contributed by atoms with E-state index in [2.05, 4.69) is 22.8 Å². The molecule has 1 aromatic heterocycles. The minimum atomic E-state index is -0.389. The number of nitrogens with zero attached hydrogens (tertiary/aromatic N) is 1. The molecule has 0 spiro atoms. The summed E-state index contributed by atoms with van der Waals surface area (Å²) >= 11 is 0. The fourth-order valence-corrected chi connectivity index (χ4v) is 2.19. The Morgan fingerprint density at radius 1 is 1.29 bits per heavy atom. The molecule has 0 radical (unpaired) electrons. The van der Waals surface area contributed by atoms with Gasteiger partial charge in [0.2, 0.25) is 0 Å². The fourth-order valence-electron chi connectivity index (χ4n) is 2.19. The summed E-state index contributed by atoms with van der Waals surface area (Å²) in [7, 11) is 0. The highest BCUT2D eigenvalue weighted by Gasteiger charge is 2.36. The van der Waals surface area contributed by atoms with Gasteiger partial charge in [-0.1, -0.05) is 25.1 Å². The van der Waals surface area contributed by atoms with Gasteiger partial charge in [0.1, 0.15) is 11.5 Å². The van der Waals surface area contributed by atoms with E-state index in [1.54, 1.807) is 12.1 Å². The van der Waals surface area contributed by atoms with E-state index in [0.29, 0.717) is 23.3 Å². The minimum absolute atomic E-state index is 0.389. The van der Waals surface area contributed by atoms with Crippen LogP contribution in [0.4, 0.5) is 10.5 Å². The monoisotopic (exact) mass is 283 g/mol. The highest BCUT2D eigenvalue weighted by molar-refractivity contribution is 5.89. The maximum absolute atomic E-state index is 11.6. The zero-order valence-electron chi connectivity index (χ0n) is 11.7. The smallest absolute Gasteiger partial charge is 0.339 e. The highest BCUT2D eigenvalue weighted by atomic mass is 16.3. The Hall–Kier alpha value is -2.56. The maximum atomic E-state index is 11.6. The third kappa shape index (κ3) is 3.51. The summed E-state index contributed by atoms with van der Waals surface area (Å²) in [6.45, 7) is 2.20. The van der Waals surface area contributed by atoms with Gasteiger partial charge in [-0.15, -0.1) is 0 Å². The molecular formula is C16H17N3O2. The molecule has 1 aliphatic rings. The Bertz CT molecular complexity index is 649. The van der Waals surface area contributed by atoms with E-state index in [-0.39, 0.29) is 6.03 Å². The molecule has 3 rings (SSSR count). The molecule has 2 aromatic rings. The Labute approximate surface area is 123 Å². The molecule has 2 N–H and O–H groups in total. The topological polar surface area (TPSA) is 66.6 Å². The van der Waals surface area contributed by atoms with Crippen LogP contribution in [0.25, 0.3) is 0 Å². The van der Waals surface area contributed by atoms with Gasteiger partial charge in [0.15, 0.2) is 0 Å². The molecule has 0 saturated heterocycles. The van der Waals surface area contributed by atoms with Crippen molar-refractivity contribution in [1.29, 1.82) is 0 Å². The van der Waals surface area contributed by atoms with Crippen molar-refractivity contribution in [2.24, 2.45) is 11.0 Å². The maximum Gasteiger partial charge on any atom is 0.339 e. The van der Waals surface area contributed by atoms with Crippen molar-refractivity contribution >= 4 is 17.9 Å². The largest absolute Gasteiger partial charge is 0.460 e. The number of rotatable bonds is 4. The number of para-hydroxylation sites is 1. The van der Waals surface area contributed by atoms with Gasteiger partial charge < -0.3 is 9.73 Å². The fraction of sp³-hybridized carbons (Fsp3) is 0.250. The van der Waals surface area contributed by atoms with Crippen molar-refractivity contribution in [3.05, 3.63) is 54.0 Å². The van der Waals surface area contributed by atoms with Crippen LogP contribution in [0.3, 0.4) is 0 Å². The highest BCUT2D eigenvalue weighted by Crippen LogP contribution is 2.47. The quantitative estimate of drug-likeness (QED) is 0.665. The number of carbonyl (C=O) groups is 1. The van der Waals surface area contributed by atoms with Crippen LogP contribution in [-0.2, 0) is 0 Å². The van der Waals surface area contributed by atoms with Crippen molar-refractivity contribution in [1.82, 2.24) is 5.43 Å².